The molecular formula is C36H34N2O5. The quantitative estimate of drug-likeness (QED) is 0.143. The molecule has 0 spiro atoms. The fraction of sp³-hybridized carbons (Fsp3) is 0.306. The molecule has 2 fully saturated rings. The van der Waals surface area contributed by atoms with E-state index in [1.54, 1.807) is 42.5 Å². The molecule has 1 aliphatic carbocycles. The second-order valence-corrected chi connectivity index (χ2v) is 12.1. The number of amides is 2. The highest BCUT2D eigenvalue weighted by molar-refractivity contribution is 6.22. The predicted octanol–water partition coefficient (Wildman–Crippen LogP) is 6.79. The largest absolute Gasteiger partial charge is 0.454 e. The minimum Gasteiger partial charge on any atom is -0.454 e. The Labute approximate surface area is 250 Å². The van der Waals surface area contributed by atoms with Crippen molar-refractivity contribution >= 4 is 40.2 Å². The van der Waals surface area contributed by atoms with E-state index in [9.17, 15) is 19.2 Å². The van der Waals surface area contributed by atoms with Gasteiger partial charge in [0.2, 0.25) is 11.8 Å². The van der Waals surface area contributed by atoms with Crippen molar-refractivity contribution in [2.45, 2.75) is 47.0 Å². The summed E-state index contributed by atoms with van der Waals surface area (Å²) < 4.78 is 5.52. The van der Waals surface area contributed by atoms with Gasteiger partial charge < -0.3 is 4.74 Å². The van der Waals surface area contributed by atoms with Crippen LogP contribution in [0.4, 0.5) is 5.69 Å². The van der Waals surface area contributed by atoms with Gasteiger partial charge in [0.1, 0.15) is 0 Å². The Balaban J connectivity index is 1.27. The number of imide groups is 1. The number of pyridine rings is 1. The van der Waals surface area contributed by atoms with Crippen molar-refractivity contribution in [3.05, 3.63) is 94.5 Å². The number of carbonyl (C=O) groups is 4. The van der Waals surface area contributed by atoms with Gasteiger partial charge in [-0.05, 0) is 93.5 Å². The van der Waals surface area contributed by atoms with Crippen molar-refractivity contribution in [2.75, 3.05) is 11.5 Å². The van der Waals surface area contributed by atoms with Crippen molar-refractivity contribution in [3.8, 4) is 11.3 Å². The van der Waals surface area contributed by atoms with Gasteiger partial charge in [-0.25, -0.2) is 9.78 Å². The number of ketones is 1. The molecule has 0 N–H and O–H groups in total. The lowest BCUT2D eigenvalue weighted by Crippen LogP contribution is -2.30. The van der Waals surface area contributed by atoms with E-state index >= 15 is 0 Å². The van der Waals surface area contributed by atoms with Gasteiger partial charge in [-0.15, -0.1) is 0 Å². The normalized spacial score (nSPS) is 19.9. The van der Waals surface area contributed by atoms with Crippen LogP contribution < -0.4 is 4.90 Å². The standard InChI is InChI=1S/C36H34N2O5/c1-20-5-13-27-29(16-20)35(41)38(34(27)40)26-11-9-24(10-12-26)32-18-30(28-15-21(2)6-14-31(28)37-32)36(42)43-19-33(39)25-8-7-22(3)23(4)17-25/h6-12,14-15,17-18,20,27,29H,5,13,16,19H2,1-4H3/t20-,27+,29+/m0/s1. The van der Waals surface area contributed by atoms with Crippen molar-refractivity contribution < 1.29 is 23.9 Å². The van der Waals surface area contributed by atoms with Gasteiger partial charge in [0.15, 0.2) is 12.4 Å². The zero-order valence-corrected chi connectivity index (χ0v) is 24.8. The van der Waals surface area contributed by atoms with Gasteiger partial charge in [0.25, 0.3) is 0 Å². The van der Waals surface area contributed by atoms with Gasteiger partial charge in [-0.2, -0.15) is 0 Å². The van der Waals surface area contributed by atoms with Crippen LogP contribution in [0.5, 0.6) is 0 Å². The molecule has 6 rings (SSSR count). The third-order valence-corrected chi connectivity index (χ3v) is 8.96. The van der Waals surface area contributed by atoms with Crippen LogP contribution in [0.25, 0.3) is 22.2 Å². The lowest BCUT2D eigenvalue weighted by atomic mass is 9.76. The Bertz CT molecular complexity index is 1790. The summed E-state index contributed by atoms with van der Waals surface area (Å²) in [5.41, 5.74) is 6.26. The van der Waals surface area contributed by atoms with Gasteiger partial charge in [-0.1, -0.05) is 42.8 Å². The second-order valence-electron chi connectivity index (χ2n) is 12.1. The maximum absolute atomic E-state index is 13.4. The lowest BCUT2D eigenvalue weighted by Gasteiger charge is -2.25. The number of hydrogen-bond acceptors (Lipinski definition) is 6. The number of anilines is 1. The molecule has 3 aromatic carbocycles. The van der Waals surface area contributed by atoms with Gasteiger partial charge in [0, 0.05) is 16.5 Å². The number of benzene rings is 3. The summed E-state index contributed by atoms with van der Waals surface area (Å²) in [6.07, 6.45) is 2.46. The van der Waals surface area contributed by atoms with Crippen LogP contribution in [0.3, 0.4) is 0 Å². The summed E-state index contributed by atoms with van der Waals surface area (Å²) >= 11 is 0. The SMILES string of the molecule is Cc1ccc2nc(-c3ccc(N4C(=O)[C@@H]5CC[C@H](C)C[C@H]5C4=O)cc3)cc(C(=O)OCC(=O)c3ccc(C)c(C)c3)c2c1. The van der Waals surface area contributed by atoms with E-state index in [0.717, 1.165) is 41.5 Å². The van der Waals surface area contributed by atoms with Crippen LogP contribution in [0.2, 0.25) is 0 Å². The minimum atomic E-state index is -0.613. The van der Waals surface area contributed by atoms with E-state index in [2.05, 4.69) is 6.92 Å². The first kappa shape index (κ1) is 28.5. The number of carbonyl (C=O) groups excluding carboxylic acids is 4. The molecule has 218 valence electrons. The monoisotopic (exact) mass is 574 g/mol. The number of hydrogen-bond donors (Lipinski definition) is 0. The molecule has 7 heteroatoms. The van der Waals surface area contributed by atoms with E-state index in [1.807, 2.05) is 45.0 Å². The summed E-state index contributed by atoms with van der Waals surface area (Å²) in [6, 6.07) is 19.9. The Kier molecular flexibility index (Phi) is 7.42. The first-order valence-electron chi connectivity index (χ1n) is 14.8. The Morgan fingerprint density at radius 1 is 0.860 bits per heavy atom. The predicted molar refractivity (Wildman–Crippen MR) is 165 cm³/mol. The van der Waals surface area contributed by atoms with E-state index < -0.39 is 5.97 Å². The van der Waals surface area contributed by atoms with Crippen molar-refractivity contribution in [1.29, 1.82) is 0 Å². The molecule has 43 heavy (non-hydrogen) atoms. The smallest absolute Gasteiger partial charge is 0.339 e. The highest BCUT2D eigenvalue weighted by Crippen LogP contribution is 2.42. The van der Waals surface area contributed by atoms with Crippen LogP contribution in [0.15, 0.2) is 66.7 Å². The number of esters is 1. The van der Waals surface area contributed by atoms with Crippen LogP contribution >= 0.6 is 0 Å². The lowest BCUT2D eigenvalue weighted by molar-refractivity contribution is -0.122. The molecule has 2 aliphatic rings. The number of fused-ring (bicyclic) bond motifs is 2. The number of Topliss-reactive ketones (excluding diaryl/α,β-unsaturated/α-hetero) is 1. The Hall–Kier alpha value is -4.65. The molecule has 3 atom stereocenters. The molecule has 0 bridgehead atoms. The van der Waals surface area contributed by atoms with E-state index in [-0.39, 0.29) is 36.0 Å². The number of ether oxygens (including phenoxy) is 1. The molecule has 1 aromatic heterocycles. The highest BCUT2D eigenvalue weighted by atomic mass is 16.5. The number of nitrogens with zero attached hydrogens (tertiary/aromatic N) is 2. The number of aryl methyl sites for hydroxylation is 3. The summed E-state index contributed by atoms with van der Waals surface area (Å²) in [4.78, 5) is 58.6. The van der Waals surface area contributed by atoms with Gasteiger partial charge in [-0.3, -0.25) is 19.3 Å². The van der Waals surface area contributed by atoms with E-state index in [1.165, 1.54) is 4.90 Å². The average molecular weight is 575 g/mol. The van der Waals surface area contributed by atoms with Crippen LogP contribution in [-0.4, -0.2) is 35.2 Å². The average Bonchev–Trinajstić information content (AvgIpc) is 3.25. The summed E-state index contributed by atoms with van der Waals surface area (Å²) in [5, 5.41) is 0.633. The molecular weight excluding hydrogens is 540 g/mol. The molecule has 2 heterocycles. The zero-order valence-electron chi connectivity index (χ0n) is 24.8. The number of rotatable bonds is 6. The molecule has 7 nitrogen and oxygen atoms in total. The summed E-state index contributed by atoms with van der Waals surface area (Å²) in [6.45, 7) is 7.60. The summed E-state index contributed by atoms with van der Waals surface area (Å²) in [7, 11) is 0. The molecule has 1 saturated carbocycles. The van der Waals surface area contributed by atoms with Crippen LogP contribution in [-0.2, 0) is 14.3 Å². The van der Waals surface area contributed by atoms with E-state index in [4.69, 9.17) is 9.72 Å². The Morgan fingerprint density at radius 2 is 1.60 bits per heavy atom. The first-order valence-corrected chi connectivity index (χ1v) is 14.8. The van der Waals surface area contributed by atoms with Crippen LogP contribution in [0, 0.1) is 38.5 Å². The second kappa shape index (κ2) is 11.2. The first-order chi connectivity index (χ1) is 20.6. The van der Waals surface area contributed by atoms with Gasteiger partial charge >= 0.3 is 5.97 Å². The minimum absolute atomic E-state index is 0.116. The van der Waals surface area contributed by atoms with E-state index in [0.29, 0.717) is 39.3 Å². The Morgan fingerprint density at radius 3 is 2.35 bits per heavy atom. The molecule has 2 amide bonds. The van der Waals surface area contributed by atoms with Crippen molar-refractivity contribution in [1.82, 2.24) is 4.98 Å². The third kappa shape index (κ3) is 5.36. The number of aromatic nitrogens is 1. The molecule has 0 unspecified atom stereocenters. The maximum Gasteiger partial charge on any atom is 0.339 e. The highest BCUT2D eigenvalue weighted by Gasteiger charge is 2.49. The van der Waals surface area contributed by atoms with Crippen LogP contribution in [0.1, 0.15) is 63.6 Å². The van der Waals surface area contributed by atoms with Crippen molar-refractivity contribution in [2.24, 2.45) is 17.8 Å². The van der Waals surface area contributed by atoms with Crippen molar-refractivity contribution in [3.63, 3.8) is 0 Å². The molecule has 1 aliphatic heterocycles. The fourth-order valence-electron chi connectivity index (χ4n) is 6.29. The molecule has 1 saturated heterocycles. The van der Waals surface area contributed by atoms with Gasteiger partial charge in [0.05, 0.1) is 34.3 Å². The third-order valence-electron chi connectivity index (χ3n) is 8.96. The molecule has 0 radical (unpaired) electrons. The topological polar surface area (TPSA) is 93.6 Å². The summed E-state index contributed by atoms with van der Waals surface area (Å²) in [5.74, 6) is -1.15. The molecule has 4 aromatic rings. The fourth-order valence-corrected chi connectivity index (χ4v) is 6.29. The zero-order chi connectivity index (χ0) is 30.4. The maximum atomic E-state index is 13.4.